The van der Waals surface area contributed by atoms with E-state index in [4.69, 9.17) is 5.73 Å². The molecule has 96 valence electrons. The van der Waals surface area contributed by atoms with E-state index < -0.39 is 0 Å². The lowest BCUT2D eigenvalue weighted by molar-refractivity contribution is 0.466. The first-order valence-corrected chi connectivity index (χ1v) is 7.14. The number of hydrogen-bond donors (Lipinski definition) is 1. The Bertz CT molecular complexity index is 521. The van der Waals surface area contributed by atoms with E-state index in [2.05, 4.69) is 35.0 Å². The van der Waals surface area contributed by atoms with Crippen molar-refractivity contribution in [1.82, 2.24) is 4.57 Å². The van der Waals surface area contributed by atoms with Gasteiger partial charge in [-0.3, -0.25) is 0 Å². The second-order valence-corrected chi connectivity index (χ2v) is 5.55. The van der Waals surface area contributed by atoms with Crippen LogP contribution in [0.15, 0.2) is 30.5 Å². The zero-order chi connectivity index (χ0) is 12.4. The zero-order valence-corrected chi connectivity index (χ0v) is 10.9. The minimum absolute atomic E-state index is 0.730. The Hall–Kier alpha value is -1.28. The van der Waals surface area contributed by atoms with Crippen LogP contribution in [-0.2, 0) is 13.0 Å². The highest BCUT2D eigenvalue weighted by atomic mass is 15.0. The highest BCUT2D eigenvalue weighted by Crippen LogP contribution is 2.28. The number of nitrogens with zero attached hydrogens (tertiary/aromatic N) is 1. The number of benzene rings is 1. The molecule has 1 fully saturated rings. The van der Waals surface area contributed by atoms with Crippen molar-refractivity contribution in [3.05, 3.63) is 36.0 Å². The first kappa shape index (κ1) is 11.8. The Morgan fingerprint density at radius 1 is 1.17 bits per heavy atom. The fourth-order valence-corrected chi connectivity index (χ4v) is 3.20. The van der Waals surface area contributed by atoms with Crippen molar-refractivity contribution in [2.75, 3.05) is 6.54 Å². The Morgan fingerprint density at radius 3 is 2.78 bits per heavy atom. The molecule has 0 aliphatic heterocycles. The predicted molar refractivity (Wildman–Crippen MR) is 76.7 cm³/mol. The minimum atomic E-state index is 0.730. The van der Waals surface area contributed by atoms with Crippen LogP contribution in [0.2, 0.25) is 0 Å². The molecule has 18 heavy (non-hydrogen) atoms. The summed E-state index contributed by atoms with van der Waals surface area (Å²) in [5.74, 6) is 0.893. The highest BCUT2D eigenvalue weighted by molar-refractivity contribution is 5.80. The van der Waals surface area contributed by atoms with Gasteiger partial charge in [-0.15, -0.1) is 0 Å². The van der Waals surface area contributed by atoms with E-state index in [1.165, 1.54) is 48.7 Å². The number of aromatic nitrogens is 1. The predicted octanol–water partition coefficient (Wildman–Crippen LogP) is 3.33. The van der Waals surface area contributed by atoms with Crippen LogP contribution in [-0.4, -0.2) is 11.1 Å². The summed E-state index contributed by atoms with van der Waals surface area (Å²) >= 11 is 0. The van der Waals surface area contributed by atoms with Gasteiger partial charge in [-0.05, 0) is 60.9 Å². The van der Waals surface area contributed by atoms with Gasteiger partial charge in [-0.2, -0.15) is 0 Å². The second-order valence-electron chi connectivity index (χ2n) is 5.55. The Kier molecular flexibility index (Phi) is 3.37. The SMILES string of the molecule is NCCc1ccc2c(ccn2CC2CCCC2)c1. The van der Waals surface area contributed by atoms with Gasteiger partial charge in [0.25, 0.3) is 0 Å². The van der Waals surface area contributed by atoms with Crippen LogP contribution in [0.1, 0.15) is 31.2 Å². The average Bonchev–Trinajstić information content (AvgIpc) is 3.00. The third-order valence-electron chi connectivity index (χ3n) is 4.20. The summed E-state index contributed by atoms with van der Waals surface area (Å²) in [5, 5.41) is 1.36. The molecular formula is C16H22N2. The molecule has 0 bridgehead atoms. The number of rotatable bonds is 4. The normalized spacial score (nSPS) is 16.7. The molecule has 2 N–H and O–H groups in total. The first-order chi connectivity index (χ1) is 8.86. The summed E-state index contributed by atoms with van der Waals surface area (Å²) in [6, 6.07) is 9.01. The van der Waals surface area contributed by atoms with Crippen LogP contribution in [0.25, 0.3) is 10.9 Å². The van der Waals surface area contributed by atoms with Crippen molar-refractivity contribution in [2.45, 2.75) is 38.6 Å². The summed E-state index contributed by atoms with van der Waals surface area (Å²) < 4.78 is 2.43. The molecule has 0 amide bonds. The van der Waals surface area contributed by atoms with Gasteiger partial charge in [0.2, 0.25) is 0 Å². The van der Waals surface area contributed by atoms with Crippen LogP contribution in [0.5, 0.6) is 0 Å². The smallest absolute Gasteiger partial charge is 0.0480 e. The largest absolute Gasteiger partial charge is 0.347 e. The maximum atomic E-state index is 5.61. The van der Waals surface area contributed by atoms with Crippen molar-refractivity contribution < 1.29 is 0 Å². The van der Waals surface area contributed by atoms with Gasteiger partial charge in [0.05, 0.1) is 0 Å². The van der Waals surface area contributed by atoms with Crippen LogP contribution in [0.3, 0.4) is 0 Å². The minimum Gasteiger partial charge on any atom is -0.347 e. The molecule has 1 heterocycles. The Balaban J connectivity index is 1.84. The Labute approximate surface area is 109 Å². The van der Waals surface area contributed by atoms with Gasteiger partial charge in [0, 0.05) is 18.3 Å². The van der Waals surface area contributed by atoms with E-state index in [9.17, 15) is 0 Å². The lowest BCUT2D eigenvalue weighted by Crippen LogP contribution is -2.06. The van der Waals surface area contributed by atoms with Crippen molar-refractivity contribution in [3.63, 3.8) is 0 Å². The maximum absolute atomic E-state index is 5.61. The van der Waals surface area contributed by atoms with Gasteiger partial charge in [0.1, 0.15) is 0 Å². The molecule has 2 aromatic rings. The summed E-state index contributed by atoms with van der Waals surface area (Å²) in [7, 11) is 0. The van der Waals surface area contributed by atoms with Crippen LogP contribution in [0.4, 0.5) is 0 Å². The molecule has 0 unspecified atom stereocenters. The molecular weight excluding hydrogens is 220 g/mol. The van der Waals surface area contributed by atoms with E-state index in [0.717, 1.165) is 18.9 Å². The summed E-state index contributed by atoms with van der Waals surface area (Å²) in [5.41, 5.74) is 8.34. The fraction of sp³-hybridized carbons (Fsp3) is 0.500. The summed E-state index contributed by atoms with van der Waals surface area (Å²) in [4.78, 5) is 0. The van der Waals surface area contributed by atoms with Gasteiger partial charge >= 0.3 is 0 Å². The van der Waals surface area contributed by atoms with E-state index in [0.29, 0.717) is 0 Å². The molecule has 1 aliphatic rings. The second kappa shape index (κ2) is 5.15. The van der Waals surface area contributed by atoms with E-state index in [-0.39, 0.29) is 0 Å². The van der Waals surface area contributed by atoms with Crippen LogP contribution < -0.4 is 5.73 Å². The third kappa shape index (κ3) is 2.30. The molecule has 2 heteroatoms. The molecule has 1 aromatic heterocycles. The van der Waals surface area contributed by atoms with Gasteiger partial charge in [-0.25, -0.2) is 0 Å². The van der Waals surface area contributed by atoms with Crippen molar-refractivity contribution in [1.29, 1.82) is 0 Å². The molecule has 2 nitrogen and oxygen atoms in total. The van der Waals surface area contributed by atoms with Gasteiger partial charge < -0.3 is 10.3 Å². The van der Waals surface area contributed by atoms with Crippen molar-refractivity contribution >= 4 is 10.9 Å². The lowest BCUT2D eigenvalue weighted by atomic mass is 10.1. The zero-order valence-electron chi connectivity index (χ0n) is 10.9. The topological polar surface area (TPSA) is 30.9 Å². The standard InChI is InChI=1S/C16H22N2/c17-9-7-13-5-6-16-15(11-13)8-10-18(16)12-14-3-1-2-4-14/h5-6,8,10-11,14H,1-4,7,9,12,17H2. The number of hydrogen-bond acceptors (Lipinski definition) is 1. The van der Waals surface area contributed by atoms with Crippen LogP contribution in [0, 0.1) is 5.92 Å². The molecule has 1 saturated carbocycles. The summed E-state index contributed by atoms with van der Waals surface area (Å²) in [6.45, 7) is 1.92. The fourth-order valence-electron chi connectivity index (χ4n) is 3.20. The van der Waals surface area contributed by atoms with Gasteiger partial charge in [0.15, 0.2) is 0 Å². The molecule has 0 radical (unpaired) electrons. The molecule has 0 spiro atoms. The number of fused-ring (bicyclic) bond motifs is 1. The monoisotopic (exact) mass is 242 g/mol. The Morgan fingerprint density at radius 2 is 2.00 bits per heavy atom. The van der Waals surface area contributed by atoms with Gasteiger partial charge in [-0.1, -0.05) is 18.9 Å². The molecule has 0 atom stereocenters. The summed E-state index contributed by atoms with van der Waals surface area (Å²) in [6.07, 6.45) is 8.88. The quantitative estimate of drug-likeness (QED) is 0.876. The van der Waals surface area contributed by atoms with Crippen molar-refractivity contribution in [2.24, 2.45) is 11.7 Å². The maximum Gasteiger partial charge on any atom is 0.0480 e. The average molecular weight is 242 g/mol. The van der Waals surface area contributed by atoms with E-state index in [1.54, 1.807) is 0 Å². The first-order valence-electron chi connectivity index (χ1n) is 7.14. The highest BCUT2D eigenvalue weighted by Gasteiger charge is 2.16. The number of nitrogens with two attached hydrogens (primary N) is 1. The molecule has 1 aliphatic carbocycles. The molecule has 1 aromatic carbocycles. The third-order valence-corrected chi connectivity index (χ3v) is 4.20. The van der Waals surface area contributed by atoms with E-state index in [1.807, 2.05) is 0 Å². The molecule has 3 rings (SSSR count). The molecule has 0 saturated heterocycles. The van der Waals surface area contributed by atoms with Crippen LogP contribution >= 0.6 is 0 Å². The van der Waals surface area contributed by atoms with Crippen molar-refractivity contribution in [3.8, 4) is 0 Å². The van der Waals surface area contributed by atoms with E-state index >= 15 is 0 Å². The lowest BCUT2D eigenvalue weighted by Gasteiger charge is -2.11.